The number of aryl methyl sites for hydroxylation is 1. The Morgan fingerprint density at radius 3 is 2.68 bits per heavy atom. The van der Waals surface area contributed by atoms with Crippen molar-refractivity contribution in [1.29, 1.82) is 0 Å². The molecule has 2 aromatic heterocycles. The molecule has 0 atom stereocenters. The van der Waals surface area contributed by atoms with Crippen LogP contribution in [0.1, 0.15) is 16.0 Å². The lowest BCUT2D eigenvalue weighted by Gasteiger charge is -2.11. The van der Waals surface area contributed by atoms with Gasteiger partial charge < -0.3 is 14.9 Å². The van der Waals surface area contributed by atoms with Gasteiger partial charge in [0.05, 0.1) is 4.88 Å². The van der Waals surface area contributed by atoms with Crippen molar-refractivity contribution in [3.05, 3.63) is 64.8 Å². The molecule has 0 bridgehead atoms. The Hall–Kier alpha value is -3.26. The van der Waals surface area contributed by atoms with E-state index in [1.807, 2.05) is 43.3 Å². The molecule has 1 aromatic carbocycles. The summed E-state index contributed by atoms with van der Waals surface area (Å²) in [6.07, 6.45) is 3.47. The van der Waals surface area contributed by atoms with E-state index in [0.29, 0.717) is 11.4 Å². The van der Waals surface area contributed by atoms with Crippen LogP contribution in [0.3, 0.4) is 0 Å². The Morgan fingerprint density at radius 1 is 1.21 bits per heavy atom. The number of carbonyl (C=O) groups is 1. The van der Waals surface area contributed by atoms with Crippen LogP contribution >= 0.6 is 11.3 Å². The maximum atomic E-state index is 12.2. The molecule has 0 aliphatic rings. The van der Waals surface area contributed by atoms with E-state index >= 15 is 0 Å². The molecule has 0 radical (unpaired) electrons. The molecule has 0 fully saturated rings. The fourth-order valence-corrected chi connectivity index (χ4v) is 3.44. The topological polar surface area (TPSA) is 85.7 Å². The number of nitrogens with zero attached hydrogens (tertiary/aromatic N) is 3. The molecule has 3 aromatic rings. The molecule has 144 valence electrons. The second-order valence-electron chi connectivity index (χ2n) is 5.76. The van der Waals surface area contributed by atoms with Crippen LogP contribution in [0, 0.1) is 6.92 Å². The number of oxime groups is 1. The van der Waals surface area contributed by atoms with Gasteiger partial charge in [-0.2, -0.15) is 0 Å². The molecule has 3 rings (SSSR count). The number of pyridine rings is 1. The molecular weight excluding hydrogens is 376 g/mol. The van der Waals surface area contributed by atoms with Gasteiger partial charge in [-0.25, -0.2) is 4.98 Å². The summed E-state index contributed by atoms with van der Waals surface area (Å²) in [4.78, 5) is 26.6. The Morgan fingerprint density at radius 2 is 1.96 bits per heavy atom. The number of benzene rings is 1. The number of carbonyl (C=O) groups excluding carboxylic acids is 1. The van der Waals surface area contributed by atoms with Crippen molar-refractivity contribution in [2.75, 3.05) is 14.2 Å². The average molecular weight is 396 g/mol. The van der Waals surface area contributed by atoms with Crippen LogP contribution < -0.4 is 10.1 Å². The van der Waals surface area contributed by atoms with E-state index in [0.717, 1.165) is 21.0 Å². The van der Waals surface area contributed by atoms with E-state index in [1.54, 1.807) is 30.8 Å². The van der Waals surface area contributed by atoms with Gasteiger partial charge in [-0.1, -0.05) is 29.4 Å². The molecule has 8 heteroatoms. The summed E-state index contributed by atoms with van der Waals surface area (Å²) in [7, 11) is 2.95. The van der Waals surface area contributed by atoms with Gasteiger partial charge >= 0.3 is 0 Å². The van der Waals surface area contributed by atoms with E-state index in [4.69, 9.17) is 9.57 Å². The Bertz CT molecular complexity index is 986. The number of hydrogen-bond acceptors (Lipinski definition) is 7. The Kier molecular flexibility index (Phi) is 6.33. The number of nitrogens with one attached hydrogen (secondary N) is 1. The standard InChI is InChI=1S/C20H20N4O3S/c1-13-19(23-20(28-13)14-8-10-22-11-9-14)27-12-15-6-4-5-7-16(15)17(24-26-3)18(25)21-2/h4-11H,12H2,1-3H3,(H,21,25)/b24-17+. The normalized spacial score (nSPS) is 11.2. The molecule has 1 N–H and O–H groups in total. The summed E-state index contributed by atoms with van der Waals surface area (Å²) in [5.41, 5.74) is 2.63. The van der Waals surface area contributed by atoms with Crippen molar-refractivity contribution in [3.63, 3.8) is 0 Å². The number of ether oxygens (including phenoxy) is 1. The molecule has 2 heterocycles. The highest BCUT2D eigenvalue weighted by Crippen LogP contribution is 2.32. The maximum Gasteiger partial charge on any atom is 0.273 e. The van der Waals surface area contributed by atoms with E-state index < -0.39 is 0 Å². The zero-order valence-electron chi connectivity index (χ0n) is 15.8. The van der Waals surface area contributed by atoms with Crippen LogP contribution in [0.5, 0.6) is 5.88 Å². The van der Waals surface area contributed by atoms with Crippen molar-refractivity contribution in [1.82, 2.24) is 15.3 Å². The third-order valence-electron chi connectivity index (χ3n) is 3.94. The van der Waals surface area contributed by atoms with Crippen molar-refractivity contribution in [2.24, 2.45) is 5.16 Å². The molecule has 7 nitrogen and oxygen atoms in total. The second kappa shape index (κ2) is 9.09. The molecule has 28 heavy (non-hydrogen) atoms. The third kappa shape index (κ3) is 4.34. The zero-order chi connectivity index (χ0) is 19.9. The van der Waals surface area contributed by atoms with Gasteiger partial charge in [0.15, 0.2) is 5.71 Å². The van der Waals surface area contributed by atoms with Crippen molar-refractivity contribution >= 4 is 23.0 Å². The smallest absolute Gasteiger partial charge is 0.273 e. The van der Waals surface area contributed by atoms with Gasteiger partial charge in [0.1, 0.15) is 18.7 Å². The highest BCUT2D eigenvalue weighted by Gasteiger charge is 2.18. The lowest BCUT2D eigenvalue weighted by Crippen LogP contribution is -2.29. The number of hydrogen-bond donors (Lipinski definition) is 1. The molecular formula is C20H20N4O3S. The third-order valence-corrected chi connectivity index (χ3v) is 4.94. The number of aromatic nitrogens is 2. The van der Waals surface area contributed by atoms with Crippen molar-refractivity contribution in [2.45, 2.75) is 13.5 Å². The van der Waals surface area contributed by atoms with Crippen LogP contribution in [-0.4, -0.2) is 35.7 Å². The van der Waals surface area contributed by atoms with Gasteiger partial charge in [-0.05, 0) is 24.6 Å². The number of thiazole rings is 1. The highest BCUT2D eigenvalue weighted by atomic mass is 32.1. The minimum absolute atomic E-state index is 0.191. The van der Waals surface area contributed by atoms with Gasteiger partial charge in [-0.15, -0.1) is 11.3 Å². The molecule has 0 aliphatic heterocycles. The highest BCUT2D eigenvalue weighted by molar-refractivity contribution is 7.15. The van der Waals surface area contributed by atoms with Crippen LogP contribution in [0.2, 0.25) is 0 Å². The van der Waals surface area contributed by atoms with E-state index in [1.165, 1.54) is 7.11 Å². The maximum absolute atomic E-state index is 12.2. The molecule has 0 saturated carbocycles. The van der Waals surface area contributed by atoms with Crippen LogP contribution in [0.25, 0.3) is 10.6 Å². The van der Waals surface area contributed by atoms with Gasteiger partial charge in [0.25, 0.3) is 5.91 Å². The van der Waals surface area contributed by atoms with Crippen LogP contribution in [-0.2, 0) is 16.2 Å². The first-order valence-corrected chi connectivity index (χ1v) is 9.37. The molecule has 0 aliphatic carbocycles. The lowest BCUT2D eigenvalue weighted by molar-refractivity contribution is -0.114. The van der Waals surface area contributed by atoms with Gasteiger partial charge in [-0.3, -0.25) is 9.78 Å². The van der Waals surface area contributed by atoms with Gasteiger partial charge in [0, 0.05) is 30.6 Å². The number of likely N-dealkylation sites (N-methyl/N-ethyl adjacent to an activating group) is 1. The summed E-state index contributed by atoms with van der Waals surface area (Å²) in [6, 6.07) is 11.2. The average Bonchev–Trinajstić information content (AvgIpc) is 3.11. The van der Waals surface area contributed by atoms with E-state index in [9.17, 15) is 4.79 Å². The van der Waals surface area contributed by atoms with E-state index in [2.05, 4.69) is 20.4 Å². The summed E-state index contributed by atoms with van der Waals surface area (Å²) >= 11 is 1.56. The predicted molar refractivity (Wildman–Crippen MR) is 108 cm³/mol. The first-order chi connectivity index (χ1) is 13.6. The monoisotopic (exact) mass is 396 g/mol. The van der Waals surface area contributed by atoms with Gasteiger partial charge in [0.2, 0.25) is 5.88 Å². The molecule has 1 amide bonds. The summed E-state index contributed by atoms with van der Waals surface area (Å²) < 4.78 is 5.96. The SMILES string of the molecule is CNC(=O)/C(=N/OC)c1ccccc1COc1nc(-c2ccncc2)sc1C. The summed E-state index contributed by atoms with van der Waals surface area (Å²) in [6.45, 7) is 2.21. The van der Waals surface area contributed by atoms with E-state index in [-0.39, 0.29) is 18.2 Å². The fraction of sp³-hybridized carbons (Fsp3) is 0.200. The van der Waals surface area contributed by atoms with Crippen LogP contribution in [0.15, 0.2) is 53.9 Å². The minimum atomic E-state index is -0.334. The first-order valence-electron chi connectivity index (χ1n) is 8.56. The number of rotatable bonds is 7. The summed E-state index contributed by atoms with van der Waals surface area (Å²) in [5.74, 6) is 0.232. The molecule has 0 spiro atoms. The second-order valence-corrected chi connectivity index (χ2v) is 6.97. The predicted octanol–water partition coefficient (Wildman–Crippen LogP) is 3.19. The summed E-state index contributed by atoms with van der Waals surface area (Å²) in [5, 5.41) is 7.32. The lowest BCUT2D eigenvalue weighted by atomic mass is 10.0. The minimum Gasteiger partial charge on any atom is -0.472 e. The Balaban J connectivity index is 1.84. The van der Waals surface area contributed by atoms with Crippen molar-refractivity contribution in [3.8, 4) is 16.5 Å². The zero-order valence-corrected chi connectivity index (χ0v) is 16.6. The number of amides is 1. The largest absolute Gasteiger partial charge is 0.472 e. The molecule has 0 unspecified atom stereocenters. The fourth-order valence-electron chi connectivity index (χ4n) is 2.58. The molecule has 0 saturated heterocycles. The quantitative estimate of drug-likeness (QED) is 0.490. The van der Waals surface area contributed by atoms with Crippen molar-refractivity contribution < 1.29 is 14.4 Å². The van der Waals surface area contributed by atoms with Crippen LogP contribution in [0.4, 0.5) is 0 Å². The Labute approximate surface area is 167 Å². The first kappa shape index (κ1) is 19.5.